The van der Waals surface area contributed by atoms with Gasteiger partial charge in [0, 0.05) is 4.91 Å². The molecular formula is C13H15F4N3S2. The van der Waals surface area contributed by atoms with Crippen molar-refractivity contribution in [3.05, 3.63) is 39.3 Å². The maximum Gasteiger partial charge on any atom is 0.171 e. The maximum absolute atomic E-state index is 14.1. The summed E-state index contributed by atoms with van der Waals surface area (Å²) >= 11 is 2.45. The van der Waals surface area contributed by atoms with Gasteiger partial charge in [-0.15, -0.1) is 23.5 Å². The molecule has 0 aliphatic carbocycles. The summed E-state index contributed by atoms with van der Waals surface area (Å²) in [4.78, 5) is 2.18. The van der Waals surface area contributed by atoms with Crippen molar-refractivity contribution in [1.29, 1.82) is 0 Å². The van der Waals surface area contributed by atoms with Crippen LogP contribution >= 0.6 is 23.5 Å². The molecule has 0 spiro atoms. The van der Waals surface area contributed by atoms with E-state index < -0.39 is 39.1 Å². The Morgan fingerprint density at radius 3 is 1.77 bits per heavy atom. The quantitative estimate of drug-likeness (QED) is 0.134. The smallest absolute Gasteiger partial charge is 0.171 e. The number of nitrogens with zero attached hydrogens (tertiary/aromatic N) is 3. The van der Waals surface area contributed by atoms with Crippen molar-refractivity contribution >= 4 is 29.2 Å². The van der Waals surface area contributed by atoms with Gasteiger partial charge in [0.2, 0.25) is 0 Å². The molecule has 0 aromatic heterocycles. The first-order chi connectivity index (χ1) is 10.5. The van der Waals surface area contributed by atoms with E-state index >= 15 is 0 Å². The van der Waals surface area contributed by atoms with Gasteiger partial charge in [0.15, 0.2) is 23.3 Å². The van der Waals surface area contributed by atoms with Crippen LogP contribution in [0.2, 0.25) is 0 Å². The topological polar surface area (TPSA) is 48.8 Å². The highest BCUT2D eigenvalue weighted by Crippen LogP contribution is 2.45. The molecule has 1 aromatic carbocycles. The van der Waals surface area contributed by atoms with Crippen LogP contribution in [-0.4, -0.2) is 11.5 Å². The second-order valence-electron chi connectivity index (χ2n) is 4.28. The van der Waals surface area contributed by atoms with Gasteiger partial charge in [-0.25, -0.2) is 17.6 Å². The lowest BCUT2D eigenvalue weighted by molar-refractivity contribution is 0.447. The second kappa shape index (κ2) is 9.17. The molecule has 0 saturated heterocycles. The number of hydrogen-bond donors (Lipinski definition) is 0. The van der Waals surface area contributed by atoms with Crippen LogP contribution in [0.15, 0.2) is 5.11 Å². The minimum atomic E-state index is -1.66. The first-order valence-electron chi connectivity index (χ1n) is 6.63. The summed E-state index contributed by atoms with van der Waals surface area (Å²) in [5, 5.41) is 2.69. The van der Waals surface area contributed by atoms with Crippen molar-refractivity contribution < 1.29 is 17.6 Å². The van der Waals surface area contributed by atoms with Gasteiger partial charge < -0.3 is 0 Å². The summed E-state index contributed by atoms with van der Waals surface area (Å²) in [6.07, 6.45) is 1.53. The fourth-order valence-electron chi connectivity index (χ4n) is 1.64. The molecule has 3 nitrogen and oxygen atoms in total. The van der Waals surface area contributed by atoms with Gasteiger partial charge in [-0.3, -0.25) is 0 Å². The van der Waals surface area contributed by atoms with Crippen LogP contribution in [-0.2, 0) is 0 Å². The van der Waals surface area contributed by atoms with Crippen LogP contribution < -0.4 is 0 Å². The van der Waals surface area contributed by atoms with Crippen molar-refractivity contribution in [3.63, 3.8) is 0 Å². The Kier molecular flexibility index (Phi) is 7.92. The summed E-state index contributed by atoms with van der Waals surface area (Å²) in [7, 11) is 0. The zero-order chi connectivity index (χ0) is 16.7. The third kappa shape index (κ3) is 4.24. The molecule has 0 fully saturated rings. The Hall–Kier alpha value is -1.05. The van der Waals surface area contributed by atoms with Crippen LogP contribution in [0.4, 0.5) is 23.2 Å². The lowest BCUT2D eigenvalue weighted by Crippen LogP contribution is -2.06. The van der Waals surface area contributed by atoms with Crippen LogP contribution in [0.25, 0.3) is 10.4 Å². The summed E-state index contributed by atoms with van der Waals surface area (Å²) in [5.74, 6) is -5.13. The zero-order valence-corrected chi connectivity index (χ0v) is 13.7. The second-order valence-corrected chi connectivity index (χ2v) is 7.01. The highest BCUT2D eigenvalue weighted by atomic mass is 32.2. The molecule has 0 heterocycles. The average molecular weight is 353 g/mol. The van der Waals surface area contributed by atoms with Crippen molar-refractivity contribution in [2.24, 2.45) is 5.11 Å². The lowest BCUT2D eigenvalue weighted by atomic mass is 10.1. The summed E-state index contributed by atoms with van der Waals surface area (Å²) in [6.45, 7) is 3.79. The van der Waals surface area contributed by atoms with Crippen LogP contribution in [0.1, 0.15) is 36.8 Å². The number of hydrogen-bond acceptors (Lipinski definition) is 3. The van der Waals surface area contributed by atoms with Gasteiger partial charge in [-0.1, -0.05) is 19.0 Å². The first kappa shape index (κ1) is 19.0. The molecule has 0 N–H and O–H groups in total. The third-order valence-corrected chi connectivity index (χ3v) is 5.78. The van der Waals surface area contributed by atoms with Crippen LogP contribution in [0.3, 0.4) is 0 Å². The molecule has 122 valence electrons. The number of halogens is 4. The van der Waals surface area contributed by atoms with Crippen molar-refractivity contribution in [2.75, 3.05) is 11.5 Å². The number of azide groups is 1. The normalized spacial score (nSPS) is 10.9. The Bertz CT molecular complexity index is 540. The van der Waals surface area contributed by atoms with Gasteiger partial charge in [0.1, 0.15) is 5.69 Å². The molecule has 0 amide bonds. The van der Waals surface area contributed by atoms with Gasteiger partial charge in [0.25, 0.3) is 0 Å². The van der Waals surface area contributed by atoms with E-state index in [1.807, 2.05) is 13.8 Å². The molecule has 0 saturated carbocycles. The maximum atomic E-state index is 14.1. The molecule has 0 aliphatic heterocycles. The van der Waals surface area contributed by atoms with Crippen LogP contribution in [0.5, 0.6) is 0 Å². The number of rotatable bonds is 8. The first-order valence-corrected chi connectivity index (χ1v) is 8.73. The van der Waals surface area contributed by atoms with Gasteiger partial charge >= 0.3 is 0 Å². The number of thioether (sulfide) groups is 2. The monoisotopic (exact) mass is 353 g/mol. The highest BCUT2D eigenvalue weighted by molar-refractivity contribution is 8.16. The van der Waals surface area contributed by atoms with E-state index in [1.54, 1.807) is 0 Å². The molecular weight excluding hydrogens is 338 g/mol. The molecule has 0 radical (unpaired) electrons. The Balaban J connectivity index is 3.39. The van der Waals surface area contributed by atoms with E-state index in [1.165, 1.54) is 23.5 Å². The standard InChI is InChI=1S/C13H15F4N3S2/c1-3-5-21-13(22-6-4-2)7-8(14)10(16)12(19-20-18)11(17)9(7)15/h13H,3-6H2,1-2H3. The van der Waals surface area contributed by atoms with E-state index in [9.17, 15) is 17.6 Å². The Labute approximate surface area is 134 Å². The molecule has 0 atom stereocenters. The Morgan fingerprint density at radius 1 is 0.955 bits per heavy atom. The Morgan fingerprint density at radius 2 is 1.41 bits per heavy atom. The van der Waals surface area contributed by atoms with Gasteiger partial charge in [-0.05, 0) is 29.9 Å². The predicted octanol–water partition coefficient (Wildman–Crippen LogP) is 6.47. The molecule has 1 rings (SSSR count). The molecule has 0 unspecified atom stereocenters. The average Bonchev–Trinajstić information content (AvgIpc) is 2.51. The molecule has 1 aromatic rings. The summed E-state index contributed by atoms with van der Waals surface area (Å²) in [6, 6.07) is 0. The largest absolute Gasteiger partial charge is 0.203 e. The van der Waals surface area contributed by atoms with E-state index in [-0.39, 0.29) is 0 Å². The van der Waals surface area contributed by atoms with Crippen molar-refractivity contribution in [3.8, 4) is 0 Å². The minimum absolute atomic E-state index is 0.599. The van der Waals surface area contributed by atoms with Crippen molar-refractivity contribution in [1.82, 2.24) is 0 Å². The highest BCUT2D eigenvalue weighted by Gasteiger charge is 2.30. The van der Waals surface area contributed by atoms with E-state index in [0.29, 0.717) is 11.5 Å². The minimum Gasteiger partial charge on any atom is -0.203 e. The van der Waals surface area contributed by atoms with E-state index in [4.69, 9.17) is 5.53 Å². The zero-order valence-electron chi connectivity index (χ0n) is 12.1. The van der Waals surface area contributed by atoms with E-state index in [0.717, 1.165) is 12.8 Å². The number of benzene rings is 1. The molecule has 22 heavy (non-hydrogen) atoms. The lowest BCUT2D eigenvalue weighted by Gasteiger charge is -2.19. The van der Waals surface area contributed by atoms with E-state index in [2.05, 4.69) is 10.0 Å². The summed E-state index contributed by atoms with van der Waals surface area (Å²) < 4.78 is 55.2. The van der Waals surface area contributed by atoms with Crippen molar-refractivity contribution in [2.45, 2.75) is 31.3 Å². The SMILES string of the molecule is CCCSC(SCCC)c1c(F)c(F)c(N=[N+]=[N-])c(F)c1F. The molecule has 0 aliphatic rings. The predicted molar refractivity (Wildman–Crippen MR) is 83.3 cm³/mol. The fraction of sp³-hybridized carbons (Fsp3) is 0.538. The van der Waals surface area contributed by atoms with Crippen LogP contribution in [0, 0.1) is 23.3 Å². The molecule has 0 bridgehead atoms. The fourth-order valence-corrected chi connectivity index (χ4v) is 4.25. The molecule has 9 heteroatoms. The van der Waals surface area contributed by atoms with Gasteiger partial charge in [0.05, 0.1) is 10.1 Å². The third-order valence-electron chi connectivity index (χ3n) is 2.60. The van der Waals surface area contributed by atoms with Gasteiger partial charge in [-0.2, -0.15) is 0 Å². The summed E-state index contributed by atoms with van der Waals surface area (Å²) in [5.41, 5.74) is 6.31.